The van der Waals surface area contributed by atoms with Crippen LogP contribution in [0.25, 0.3) is 0 Å². The second-order valence-electron chi connectivity index (χ2n) is 5.13. The molecule has 1 fully saturated rings. The maximum atomic E-state index is 10.3. The van der Waals surface area contributed by atoms with Gasteiger partial charge < -0.3 is 24.6 Å². The van der Waals surface area contributed by atoms with Crippen LogP contribution in [0.3, 0.4) is 0 Å². The van der Waals surface area contributed by atoms with Gasteiger partial charge in [0.1, 0.15) is 0 Å². The fraction of sp³-hybridized carbons (Fsp3) is 0.571. The topological polar surface area (TPSA) is 60.0 Å². The first kappa shape index (κ1) is 12.7. The molecule has 5 nitrogen and oxygen atoms in total. The van der Waals surface area contributed by atoms with Crippen molar-refractivity contribution in [3.05, 3.63) is 23.8 Å². The first-order valence-corrected chi connectivity index (χ1v) is 6.65. The fourth-order valence-electron chi connectivity index (χ4n) is 2.42. The predicted molar refractivity (Wildman–Crippen MR) is 69.3 cm³/mol. The lowest BCUT2D eigenvalue weighted by Crippen LogP contribution is -2.44. The number of hydrogen-bond donors (Lipinski definition) is 2. The normalized spacial score (nSPS) is 20.5. The third-order valence-corrected chi connectivity index (χ3v) is 3.64. The zero-order valence-corrected chi connectivity index (χ0v) is 10.9. The number of ether oxygens (including phenoxy) is 3. The second kappa shape index (κ2) is 5.36. The summed E-state index contributed by atoms with van der Waals surface area (Å²) in [5, 5.41) is 13.6. The van der Waals surface area contributed by atoms with Gasteiger partial charge in [-0.05, 0) is 17.7 Å². The summed E-state index contributed by atoms with van der Waals surface area (Å²) < 4.78 is 15.9. The van der Waals surface area contributed by atoms with Gasteiger partial charge in [0.2, 0.25) is 6.79 Å². The van der Waals surface area contributed by atoms with Crippen molar-refractivity contribution in [1.29, 1.82) is 0 Å². The average molecular weight is 265 g/mol. The molecule has 2 aliphatic rings. The van der Waals surface area contributed by atoms with E-state index in [0.29, 0.717) is 45.9 Å². The van der Waals surface area contributed by atoms with Crippen LogP contribution in [0.1, 0.15) is 18.4 Å². The van der Waals surface area contributed by atoms with Crippen LogP contribution in [0.15, 0.2) is 18.2 Å². The van der Waals surface area contributed by atoms with E-state index in [1.807, 2.05) is 18.2 Å². The minimum Gasteiger partial charge on any atom is -0.454 e. The van der Waals surface area contributed by atoms with E-state index >= 15 is 0 Å². The highest BCUT2D eigenvalue weighted by molar-refractivity contribution is 5.44. The maximum Gasteiger partial charge on any atom is 0.231 e. The van der Waals surface area contributed by atoms with Crippen molar-refractivity contribution < 1.29 is 19.3 Å². The quantitative estimate of drug-likeness (QED) is 0.852. The van der Waals surface area contributed by atoms with Crippen molar-refractivity contribution in [3.63, 3.8) is 0 Å². The lowest BCUT2D eigenvalue weighted by Gasteiger charge is -2.32. The Balaban J connectivity index is 1.52. The van der Waals surface area contributed by atoms with Crippen molar-refractivity contribution in [3.8, 4) is 11.5 Å². The Labute approximate surface area is 112 Å². The zero-order chi connectivity index (χ0) is 13.1. The van der Waals surface area contributed by atoms with Gasteiger partial charge in [0.05, 0.1) is 5.60 Å². The Bertz CT molecular complexity index is 443. The Hall–Kier alpha value is -1.30. The van der Waals surface area contributed by atoms with E-state index in [2.05, 4.69) is 5.32 Å². The second-order valence-corrected chi connectivity index (χ2v) is 5.13. The Morgan fingerprint density at radius 1 is 1.16 bits per heavy atom. The van der Waals surface area contributed by atoms with Crippen LogP contribution in [0.4, 0.5) is 0 Å². The molecule has 0 saturated carbocycles. The summed E-state index contributed by atoms with van der Waals surface area (Å²) in [6.45, 7) is 2.88. The van der Waals surface area contributed by atoms with Crippen LogP contribution >= 0.6 is 0 Å². The Morgan fingerprint density at radius 2 is 1.95 bits per heavy atom. The molecular weight excluding hydrogens is 246 g/mol. The molecule has 1 aromatic rings. The van der Waals surface area contributed by atoms with Crippen molar-refractivity contribution in [2.24, 2.45) is 0 Å². The summed E-state index contributed by atoms with van der Waals surface area (Å²) in [4.78, 5) is 0. The molecule has 0 aliphatic carbocycles. The lowest BCUT2D eigenvalue weighted by molar-refractivity contribution is -0.0617. The summed E-state index contributed by atoms with van der Waals surface area (Å²) in [7, 11) is 0. The molecule has 5 heteroatoms. The van der Waals surface area contributed by atoms with Gasteiger partial charge in [-0.2, -0.15) is 0 Å². The van der Waals surface area contributed by atoms with Crippen LogP contribution in [0.5, 0.6) is 11.5 Å². The summed E-state index contributed by atoms with van der Waals surface area (Å²) in [5.41, 5.74) is 0.495. The third-order valence-electron chi connectivity index (χ3n) is 3.64. The summed E-state index contributed by atoms with van der Waals surface area (Å²) in [6.07, 6.45) is 1.39. The van der Waals surface area contributed by atoms with Gasteiger partial charge >= 0.3 is 0 Å². The van der Waals surface area contributed by atoms with E-state index in [9.17, 15) is 5.11 Å². The van der Waals surface area contributed by atoms with E-state index < -0.39 is 5.60 Å². The van der Waals surface area contributed by atoms with Gasteiger partial charge in [-0.25, -0.2) is 0 Å². The molecule has 2 aliphatic heterocycles. The molecule has 2 N–H and O–H groups in total. The summed E-state index contributed by atoms with van der Waals surface area (Å²) in [6, 6.07) is 5.90. The van der Waals surface area contributed by atoms with Crippen molar-refractivity contribution in [2.75, 3.05) is 26.6 Å². The highest BCUT2D eigenvalue weighted by Crippen LogP contribution is 2.32. The largest absolute Gasteiger partial charge is 0.454 e. The standard InChI is InChI=1S/C14H19NO4/c16-14(3-5-17-6-4-14)9-15-8-11-1-2-12-13(7-11)19-10-18-12/h1-2,7,15-16H,3-6,8-10H2. The molecule has 104 valence electrons. The van der Waals surface area contributed by atoms with Crippen molar-refractivity contribution in [2.45, 2.75) is 25.0 Å². The molecule has 2 heterocycles. The van der Waals surface area contributed by atoms with Gasteiger partial charge in [0.25, 0.3) is 0 Å². The molecule has 0 unspecified atom stereocenters. The van der Waals surface area contributed by atoms with E-state index in [1.165, 1.54) is 0 Å². The number of nitrogens with one attached hydrogen (secondary N) is 1. The number of benzene rings is 1. The molecule has 0 bridgehead atoms. The summed E-state index contributed by atoms with van der Waals surface area (Å²) in [5.74, 6) is 1.59. The number of aliphatic hydroxyl groups is 1. The molecule has 0 radical (unpaired) electrons. The maximum absolute atomic E-state index is 10.3. The molecule has 0 aromatic heterocycles. The van der Waals surface area contributed by atoms with Crippen molar-refractivity contribution >= 4 is 0 Å². The van der Waals surface area contributed by atoms with Crippen LogP contribution in [0.2, 0.25) is 0 Å². The zero-order valence-electron chi connectivity index (χ0n) is 10.9. The van der Waals surface area contributed by atoms with Gasteiger partial charge in [-0.1, -0.05) is 6.07 Å². The van der Waals surface area contributed by atoms with Gasteiger partial charge in [-0.15, -0.1) is 0 Å². The lowest BCUT2D eigenvalue weighted by atomic mass is 9.94. The number of hydrogen-bond acceptors (Lipinski definition) is 5. The van der Waals surface area contributed by atoms with E-state index in [4.69, 9.17) is 14.2 Å². The van der Waals surface area contributed by atoms with Crippen molar-refractivity contribution in [1.82, 2.24) is 5.32 Å². The first-order valence-electron chi connectivity index (χ1n) is 6.65. The molecule has 1 aromatic carbocycles. The monoisotopic (exact) mass is 265 g/mol. The smallest absolute Gasteiger partial charge is 0.231 e. The molecule has 1 saturated heterocycles. The first-order chi connectivity index (χ1) is 9.25. The number of fused-ring (bicyclic) bond motifs is 1. The van der Waals surface area contributed by atoms with Gasteiger partial charge in [0.15, 0.2) is 11.5 Å². The molecular formula is C14H19NO4. The Kier molecular flexibility index (Phi) is 3.59. The number of rotatable bonds is 4. The highest BCUT2D eigenvalue weighted by Gasteiger charge is 2.29. The molecule has 3 rings (SSSR count). The van der Waals surface area contributed by atoms with Gasteiger partial charge in [0, 0.05) is 39.1 Å². The molecule has 0 spiro atoms. The molecule has 19 heavy (non-hydrogen) atoms. The van der Waals surface area contributed by atoms with E-state index in [-0.39, 0.29) is 0 Å². The average Bonchev–Trinajstić information content (AvgIpc) is 2.87. The van der Waals surface area contributed by atoms with E-state index in [1.54, 1.807) is 0 Å². The van der Waals surface area contributed by atoms with Gasteiger partial charge in [-0.3, -0.25) is 0 Å². The summed E-state index contributed by atoms with van der Waals surface area (Å²) >= 11 is 0. The van der Waals surface area contributed by atoms with Crippen LogP contribution in [-0.4, -0.2) is 37.3 Å². The fourth-order valence-corrected chi connectivity index (χ4v) is 2.42. The highest BCUT2D eigenvalue weighted by atomic mass is 16.7. The predicted octanol–water partition coefficient (Wildman–Crippen LogP) is 1.05. The van der Waals surface area contributed by atoms with Crippen LogP contribution in [0, 0.1) is 0 Å². The van der Waals surface area contributed by atoms with E-state index in [0.717, 1.165) is 17.1 Å². The molecule has 0 atom stereocenters. The van der Waals surface area contributed by atoms with Crippen LogP contribution < -0.4 is 14.8 Å². The Morgan fingerprint density at radius 3 is 2.79 bits per heavy atom. The minimum atomic E-state index is -0.630. The minimum absolute atomic E-state index is 0.298. The molecule has 0 amide bonds. The third kappa shape index (κ3) is 3.00. The van der Waals surface area contributed by atoms with Crippen LogP contribution in [-0.2, 0) is 11.3 Å². The SMILES string of the molecule is OC1(CNCc2ccc3c(c2)OCO3)CCOCC1.